The Morgan fingerprint density at radius 2 is 1.90 bits per heavy atom. The average Bonchev–Trinajstić information content (AvgIpc) is 2.51. The summed E-state index contributed by atoms with van der Waals surface area (Å²) < 4.78 is 11.0. The van der Waals surface area contributed by atoms with Gasteiger partial charge in [0.1, 0.15) is 11.5 Å². The van der Waals surface area contributed by atoms with E-state index in [0.717, 1.165) is 0 Å². The van der Waals surface area contributed by atoms with Gasteiger partial charge < -0.3 is 19.9 Å². The van der Waals surface area contributed by atoms with Gasteiger partial charge >= 0.3 is 0 Å². The third-order valence-electron chi connectivity index (χ3n) is 3.60. The zero-order chi connectivity index (χ0) is 16.0. The molecule has 1 aromatic carbocycles. The summed E-state index contributed by atoms with van der Waals surface area (Å²) in [5, 5.41) is 13.0. The van der Waals surface area contributed by atoms with Crippen LogP contribution in [0.4, 0.5) is 0 Å². The molecule has 118 valence electrons. The van der Waals surface area contributed by atoms with Crippen molar-refractivity contribution in [1.82, 2.24) is 5.32 Å². The van der Waals surface area contributed by atoms with Crippen LogP contribution in [0.25, 0.3) is 0 Å². The molecule has 1 amide bonds. The fraction of sp³-hybridized carbons (Fsp3) is 0.533. The average molecular weight is 360 g/mol. The predicted octanol–water partition coefficient (Wildman–Crippen LogP) is 2.75. The molecule has 6 heteroatoms. The van der Waals surface area contributed by atoms with Crippen LogP contribution < -0.4 is 14.8 Å². The summed E-state index contributed by atoms with van der Waals surface area (Å²) in [5.74, 6) is 0.672. The number of nitrogens with one attached hydrogen (secondary N) is 1. The summed E-state index contributed by atoms with van der Waals surface area (Å²) in [4.78, 5) is 12.3. The molecule has 0 saturated heterocycles. The van der Waals surface area contributed by atoms with Crippen molar-refractivity contribution in [1.29, 1.82) is 0 Å². The molecule has 0 aliphatic heterocycles. The number of hydrogen-bond donors (Lipinski definition) is 2. The molecule has 0 spiro atoms. The third kappa shape index (κ3) is 4.35. The first kappa shape index (κ1) is 17.8. The highest BCUT2D eigenvalue weighted by Gasteiger charge is 2.24. The number of benzene rings is 1. The quantitative estimate of drug-likeness (QED) is 0.785. The molecular weight excluding hydrogens is 338 g/mol. The lowest BCUT2D eigenvalue weighted by molar-refractivity contribution is 0.0313. The van der Waals surface area contributed by atoms with Crippen molar-refractivity contribution in [2.75, 3.05) is 20.8 Å². The van der Waals surface area contributed by atoms with E-state index in [2.05, 4.69) is 21.2 Å². The number of amides is 1. The summed E-state index contributed by atoms with van der Waals surface area (Å²) in [7, 11) is 3.03. The summed E-state index contributed by atoms with van der Waals surface area (Å²) in [6.45, 7) is 3.97. The molecule has 2 N–H and O–H groups in total. The highest BCUT2D eigenvalue weighted by atomic mass is 79.9. The number of aliphatic hydroxyl groups is 1. The summed E-state index contributed by atoms with van der Waals surface area (Å²) >= 11 is 3.35. The molecule has 21 heavy (non-hydrogen) atoms. The van der Waals surface area contributed by atoms with Gasteiger partial charge in [0, 0.05) is 6.54 Å². The van der Waals surface area contributed by atoms with E-state index in [1.54, 1.807) is 12.1 Å². The molecule has 0 aromatic heterocycles. The second-order valence-electron chi connectivity index (χ2n) is 4.80. The van der Waals surface area contributed by atoms with Crippen molar-refractivity contribution in [3.63, 3.8) is 0 Å². The molecule has 0 fully saturated rings. The van der Waals surface area contributed by atoms with E-state index in [-0.39, 0.29) is 12.5 Å². The van der Waals surface area contributed by atoms with Gasteiger partial charge in [-0.3, -0.25) is 4.79 Å². The van der Waals surface area contributed by atoms with Crippen LogP contribution in [0.2, 0.25) is 0 Å². The van der Waals surface area contributed by atoms with Crippen molar-refractivity contribution in [3.8, 4) is 11.5 Å². The van der Waals surface area contributed by atoms with Crippen molar-refractivity contribution >= 4 is 21.8 Å². The van der Waals surface area contributed by atoms with Crippen LogP contribution in [0.1, 0.15) is 37.0 Å². The van der Waals surface area contributed by atoms with Crippen LogP contribution >= 0.6 is 15.9 Å². The number of carbonyl (C=O) groups is 1. The van der Waals surface area contributed by atoms with E-state index < -0.39 is 5.60 Å². The maximum absolute atomic E-state index is 12.3. The molecule has 0 aliphatic rings. The SMILES string of the molecule is CCC(O)(CC)CNC(=O)c1cc(OC)cc(Br)c1OC. The van der Waals surface area contributed by atoms with Crippen LogP contribution in [0.15, 0.2) is 16.6 Å². The van der Waals surface area contributed by atoms with Crippen molar-refractivity contribution in [3.05, 3.63) is 22.2 Å². The first-order valence-electron chi connectivity index (χ1n) is 6.82. The lowest BCUT2D eigenvalue weighted by Gasteiger charge is -2.25. The smallest absolute Gasteiger partial charge is 0.255 e. The van der Waals surface area contributed by atoms with E-state index in [0.29, 0.717) is 34.4 Å². The zero-order valence-electron chi connectivity index (χ0n) is 12.8. The molecule has 0 aliphatic carbocycles. The first-order valence-corrected chi connectivity index (χ1v) is 7.62. The van der Waals surface area contributed by atoms with Gasteiger partial charge in [0.05, 0.1) is 29.9 Å². The van der Waals surface area contributed by atoms with Crippen LogP contribution in [-0.2, 0) is 0 Å². The molecule has 0 bridgehead atoms. The number of rotatable bonds is 7. The van der Waals surface area contributed by atoms with Crippen LogP contribution in [0.5, 0.6) is 11.5 Å². The van der Waals surface area contributed by atoms with Gasteiger partial charge in [0.2, 0.25) is 0 Å². The Labute approximate surface area is 133 Å². The number of hydrogen-bond acceptors (Lipinski definition) is 4. The minimum atomic E-state index is -0.890. The monoisotopic (exact) mass is 359 g/mol. The van der Waals surface area contributed by atoms with Crippen LogP contribution in [-0.4, -0.2) is 37.4 Å². The van der Waals surface area contributed by atoms with Crippen LogP contribution in [0, 0.1) is 0 Å². The summed E-state index contributed by atoms with van der Waals surface area (Å²) in [5.41, 5.74) is -0.530. The first-order chi connectivity index (χ1) is 9.90. The number of ether oxygens (including phenoxy) is 2. The zero-order valence-corrected chi connectivity index (χ0v) is 14.4. The normalized spacial score (nSPS) is 11.1. The predicted molar refractivity (Wildman–Crippen MR) is 85.1 cm³/mol. The number of carbonyl (C=O) groups excluding carboxylic acids is 1. The molecule has 0 atom stereocenters. The Morgan fingerprint density at radius 3 is 2.38 bits per heavy atom. The Morgan fingerprint density at radius 1 is 1.29 bits per heavy atom. The maximum atomic E-state index is 12.3. The van der Waals surface area contributed by atoms with E-state index in [1.807, 2.05) is 13.8 Å². The second kappa shape index (κ2) is 7.66. The summed E-state index contributed by atoms with van der Waals surface area (Å²) in [6, 6.07) is 3.33. The Hall–Kier alpha value is -1.27. The number of halogens is 1. The fourth-order valence-corrected chi connectivity index (χ4v) is 2.50. The Kier molecular flexibility index (Phi) is 6.48. The largest absolute Gasteiger partial charge is 0.497 e. The third-order valence-corrected chi connectivity index (χ3v) is 4.18. The van der Waals surface area contributed by atoms with Crippen LogP contribution in [0.3, 0.4) is 0 Å². The molecule has 1 aromatic rings. The number of methoxy groups -OCH3 is 2. The second-order valence-corrected chi connectivity index (χ2v) is 5.66. The van der Waals surface area contributed by atoms with Gasteiger partial charge in [-0.1, -0.05) is 13.8 Å². The Balaban J connectivity index is 2.99. The van der Waals surface area contributed by atoms with E-state index in [4.69, 9.17) is 9.47 Å². The standard InChI is InChI=1S/C15H22BrNO4/c1-5-15(19,6-2)9-17-14(18)11-7-10(20-3)8-12(16)13(11)21-4/h7-8,19H,5-6,9H2,1-4H3,(H,17,18). The van der Waals surface area contributed by atoms with Gasteiger partial charge in [-0.2, -0.15) is 0 Å². The van der Waals surface area contributed by atoms with Gasteiger partial charge in [0.15, 0.2) is 0 Å². The van der Waals surface area contributed by atoms with Gasteiger partial charge in [-0.15, -0.1) is 0 Å². The van der Waals surface area contributed by atoms with E-state index >= 15 is 0 Å². The molecule has 0 saturated carbocycles. The Bertz CT molecular complexity index is 501. The van der Waals surface area contributed by atoms with Crippen molar-refractivity contribution < 1.29 is 19.4 Å². The molecule has 0 heterocycles. The lowest BCUT2D eigenvalue weighted by Crippen LogP contribution is -2.42. The maximum Gasteiger partial charge on any atom is 0.255 e. The van der Waals surface area contributed by atoms with Crippen molar-refractivity contribution in [2.45, 2.75) is 32.3 Å². The van der Waals surface area contributed by atoms with Crippen molar-refractivity contribution in [2.24, 2.45) is 0 Å². The molecule has 0 radical (unpaired) electrons. The van der Waals surface area contributed by atoms with E-state index in [1.165, 1.54) is 14.2 Å². The molecule has 1 rings (SSSR count). The molecule has 0 unspecified atom stereocenters. The van der Waals surface area contributed by atoms with Gasteiger partial charge in [-0.05, 0) is 40.9 Å². The minimum Gasteiger partial charge on any atom is -0.497 e. The highest BCUT2D eigenvalue weighted by molar-refractivity contribution is 9.10. The topological polar surface area (TPSA) is 67.8 Å². The highest BCUT2D eigenvalue weighted by Crippen LogP contribution is 2.33. The van der Waals surface area contributed by atoms with Gasteiger partial charge in [0.25, 0.3) is 5.91 Å². The molecule has 5 nitrogen and oxygen atoms in total. The lowest BCUT2D eigenvalue weighted by atomic mass is 9.97. The fourth-order valence-electron chi connectivity index (χ4n) is 1.90. The van der Waals surface area contributed by atoms with Gasteiger partial charge in [-0.25, -0.2) is 0 Å². The molecular formula is C15H22BrNO4. The van der Waals surface area contributed by atoms with E-state index in [9.17, 15) is 9.90 Å². The summed E-state index contributed by atoms with van der Waals surface area (Å²) in [6.07, 6.45) is 1.14. The minimum absolute atomic E-state index is 0.191.